The second-order valence-corrected chi connectivity index (χ2v) is 6.94. The van der Waals surface area contributed by atoms with E-state index in [1.165, 1.54) is 47.2 Å². The summed E-state index contributed by atoms with van der Waals surface area (Å²) >= 11 is 0. The quantitative estimate of drug-likeness (QED) is 0.736. The van der Waals surface area contributed by atoms with Crippen LogP contribution in [0.15, 0.2) is 60.2 Å². The largest absolute Gasteiger partial charge is 0.323 e. The van der Waals surface area contributed by atoms with Crippen LogP contribution >= 0.6 is 0 Å². The Hall–Kier alpha value is -2.62. The fraction of sp³-hybridized carbons (Fsp3) is 0.300. The molecule has 4 heteroatoms. The van der Waals surface area contributed by atoms with E-state index in [1.807, 2.05) is 0 Å². The van der Waals surface area contributed by atoms with Gasteiger partial charge in [0.25, 0.3) is 0 Å². The molecule has 0 saturated heterocycles. The third kappa shape index (κ3) is 1.44. The van der Waals surface area contributed by atoms with E-state index < -0.39 is 0 Å². The minimum Gasteiger partial charge on any atom is -0.323 e. The molecule has 6 rings (SSSR count). The average Bonchev–Trinajstić information content (AvgIpc) is 2.91. The molecule has 4 nitrogen and oxygen atoms in total. The van der Waals surface area contributed by atoms with Crippen molar-refractivity contribution in [2.75, 3.05) is 45.8 Å². The number of para-hydroxylation sites is 4. The van der Waals surface area contributed by atoms with Crippen molar-refractivity contribution in [3.63, 3.8) is 0 Å². The molecule has 0 radical (unpaired) electrons. The number of hydrogen-bond acceptors (Lipinski definition) is 4. The molecule has 0 spiro atoms. The van der Waals surface area contributed by atoms with Gasteiger partial charge in [-0.25, -0.2) is 0 Å². The summed E-state index contributed by atoms with van der Waals surface area (Å²) in [5, 5.41) is 0. The molecule has 0 atom stereocenters. The maximum absolute atomic E-state index is 2.55. The summed E-state index contributed by atoms with van der Waals surface area (Å²) in [6, 6.07) is 17.8. The number of hydrogen-bond donors (Lipinski definition) is 0. The van der Waals surface area contributed by atoms with Crippen LogP contribution in [0.3, 0.4) is 0 Å². The first-order valence-electron chi connectivity index (χ1n) is 8.96. The van der Waals surface area contributed by atoms with Crippen molar-refractivity contribution in [2.45, 2.75) is 12.8 Å². The minimum atomic E-state index is 1.10. The van der Waals surface area contributed by atoms with Crippen molar-refractivity contribution in [3.8, 4) is 0 Å². The highest BCUT2D eigenvalue weighted by Crippen LogP contribution is 2.51. The molecule has 0 aliphatic carbocycles. The monoisotopic (exact) mass is 316 g/mol. The van der Waals surface area contributed by atoms with Gasteiger partial charge in [0.05, 0.1) is 22.7 Å². The Bertz CT molecular complexity index is 734. The molecule has 0 amide bonds. The molecule has 0 unspecified atom stereocenters. The molecule has 24 heavy (non-hydrogen) atoms. The molecule has 0 N–H and O–H groups in total. The SMILES string of the molecule is c1ccc2c(c1)N1CCCN3C4=C1N2CCCN4c1ccccc13. The number of rotatable bonds is 0. The van der Waals surface area contributed by atoms with Gasteiger partial charge in [-0.05, 0) is 37.1 Å². The van der Waals surface area contributed by atoms with Crippen LogP contribution in [-0.2, 0) is 0 Å². The van der Waals surface area contributed by atoms with Crippen molar-refractivity contribution < 1.29 is 0 Å². The maximum atomic E-state index is 2.55. The van der Waals surface area contributed by atoms with E-state index >= 15 is 0 Å². The van der Waals surface area contributed by atoms with Crippen LogP contribution < -0.4 is 19.6 Å². The van der Waals surface area contributed by atoms with Crippen LogP contribution in [0, 0.1) is 0 Å². The van der Waals surface area contributed by atoms with Gasteiger partial charge in [0, 0.05) is 26.2 Å². The van der Waals surface area contributed by atoms with E-state index in [9.17, 15) is 0 Å². The van der Waals surface area contributed by atoms with Gasteiger partial charge in [-0.2, -0.15) is 0 Å². The van der Waals surface area contributed by atoms with Gasteiger partial charge in [-0.1, -0.05) is 24.3 Å². The van der Waals surface area contributed by atoms with Crippen molar-refractivity contribution >= 4 is 22.7 Å². The van der Waals surface area contributed by atoms with Crippen molar-refractivity contribution in [2.24, 2.45) is 0 Å². The highest BCUT2D eigenvalue weighted by molar-refractivity contribution is 5.89. The first-order valence-corrected chi connectivity index (χ1v) is 8.96. The lowest BCUT2D eigenvalue weighted by atomic mass is 10.2. The van der Waals surface area contributed by atoms with Crippen LogP contribution in [0.25, 0.3) is 0 Å². The fourth-order valence-corrected chi connectivity index (χ4v) is 4.75. The van der Waals surface area contributed by atoms with E-state index in [0.717, 1.165) is 26.2 Å². The Kier molecular flexibility index (Phi) is 2.38. The van der Waals surface area contributed by atoms with E-state index in [-0.39, 0.29) is 0 Å². The highest BCUT2D eigenvalue weighted by Gasteiger charge is 2.44. The first-order chi connectivity index (χ1) is 11.9. The Morgan fingerprint density at radius 1 is 0.458 bits per heavy atom. The van der Waals surface area contributed by atoms with Gasteiger partial charge in [-0.3, -0.25) is 0 Å². The third-order valence-electron chi connectivity index (χ3n) is 5.68. The summed E-state index contributed by atoms with van der Waals surface area (Å²) in [7, 11) is 0. The summed E-state index contributed by atoms with van der Waals surface area (Å²) in [5.41, 5.74) is 5.50. The van der Waals surface area contributed by atoms with Gasteiger partial charge < -0.3 is 19.6 Å². The summed E-state index contributed by atoms with van der Waals surface area (Å²) in [6.45, 7) is 4.38. The number of benzene rings is 2. The van der Waals surface area contributed by atoms with Crippen molar-refractivity contribution in [3.05, 3.63) is 60.2 Å². The lowest BCUT2D eigenvalue weighted by Crippen LogP contribution is -2.34. The summed E-state index contributed by atoms with van der Waals surface area (Å²) in [6.07, 6.45) is 2.36. The van der Waals surface area contributed by atoms with Crippen molar-refractivity contribution in [1.82, 2.24) is 0 Å². The minimum absolute atomic E-state index is 1.10. The van der Waals surface area contributed by atoms with Gasteiger partial charge in [0.1, 0.15) is 0 Å². The second-order valence-electron chi connectivity index (χ2n) is 6.94. The summed E-state index contributed by atoms with van der Waals surface area (Å²) in [4.78, 5) is 10.2. The van der Waals surface area contributed by atoms with Crippen LogP contribution in [-0.4, -0.2) is 26.2 Å². The molecule has 4 heterocycles. The predicted molar refractivity (Wildman–Crippen MR) is 98.5 cm³/mol. The zero-order valence-electron chi connectivity index (χ0n) is 13.7. The van der Waals surface area contributed by atoms with Gasteiger partial charge in [-0.15, -0.1) is 0 Å². The Balaban J connectivity index is 1.65. The van der Waals surface area contributed by atoms with Crippen LogP contribution in [0.2, 0.25) is 0 Å². The van der Waals surface area contributed by atoms with Gasteiger partial charge >= 0.3 is 0 Å². The van der Waals surface area contributed by atoms with E-state index in [4.69, 9.17) is 0 Å². The Morgan fingerprint density at radius 2 is 0.750 bits per heavy atom. The molecular weight excluding hydrogens is 296 g/mol. The summed E-state index contributed by atoms with van der Waals surface area (Å²) < 4.78 is 0. The van der Waals surface area contributed by atoms with Gasteiger partial charge in [0.2, 0.25) is 0 Å². The molecule has 4 aliphatic heterocycles. The van der Waals surface area contributed by atoms with Crippen LogP contribution in [0.5, 0.6) is 0 Å². The number of anilines is 4. The Morgan fingerprint density at radius 3 is 1.04 bits per heavy atom. The summed E-state index contributed by atoms with van der Waals surface area (Å²) in [5.74, 6) is 2.78. The molecule has 2 aromatic carbocycles. The van der Waals surface area contributed by atoms with E-state index in [2.05, 4.69) is 68.1 Å². The van der Waals surface area contributed by atoms with Crippen LogP contribution in [0.1, 0.15) is 12.8 Å². The number of nitrogens with zero attached hydrogens (tertiary/aromatic N) is 4. The third-order valence-corrected chi connectivity index (χ3v) is 5.68. The van der Waals surface area contributed by atoms with Crippen molar-refractivity contribution in [1.29, 1.82) is 0 Å². The molecule has 2 aromatic rings. The average molecular weight is 316 g/mol. The molecule has 120 valence electrons. The normalized spacial score (nSPS) is 20.7. The molecule has 4 aliphatic rings. The van der Waals surface area contributed by atoms with Gasteiger partial charge in [0.15, 0.2) is 11.6 Å². The smallest absolute Gasteiger partial charge is 0.156 e. The Labute approximate surface area is 142 Å². The standard InChI is InChI=1S/C20H20N4/c1-2-8-16-15(7-1)21-11-5-13-23-17-9-3-4-10-18(17)24-14-6-12-22(16)19(21)20(23)24/h1-4,7-10H,5-6,11-14H2. The fourth-order valence-electron chi connectivity index (χ4n) is 4.75. The predicted octanol–water partition coefficient (Wildman–Crippen LogP) is 3.57. The maximum Gasteiger partial charge on any atom is 0.156 e. The zero-order chi connectivity index (χ0) is 15.7. The molecule has 0 fully saturated rings. The first kappa shape index (κ1) is 12.8. The molecule has 0 bridgehead atoms. The molecular formula is C20H20N4. The molecule has 0 aromatic heterocycles. The van der Waals surface area contributed by atoms with E-state index in [0.29, 0.717) is 0 Å². The molecule has 0 saturated carbocycles. The lowest BCUT2D eigenvalue weighted by Gasteiger charge is -2.27. The second kappa shape index (κ2) is 4.47. The number of fused-ring (bicyclic) bond motifs is 6. The highest BCUT2D eigenvalue weighted by atomic mass is 15.5. The topological polar surface area (TPSA) is 13.0 Å². The lowest BCUT2D eigenvalue weighted by molar-refractivity contribution is 0.772. The zero-order valence-corrected chi connectivity index (χ0v) is 13.7. The van der Waals surface area contributed by atoms with Crippen LogP contribution in [0.4, 0.5) is 22.7 Å². The van der Waals surface area contributed by atoms with E-state index in [1.54, 1.807) is 0 Å².